The summed E-state index contributed by atoms with van der Waals surface area (Å²) in [5, 5.41) is 0. The first-order chi connectivity index (χ1) is 9.82. The Kier molecular flexibility index (Phi) is 7.22. The smallest absolute Gasteiger partial charge is 0.353 e. The molecule has 3 unspecified atom stereocenters. The van der Waals surface area contributed by atoms with Crippen molar-refractivity contribution in [3.8, 4) is 0 Å². The molecule has 0 aliphatic carbocycles. The minimum Gasteiger partial charge on any atom is -0.363 e. The molecular formula is C11H17N2NaO7P. The van der Waals surface area contributed by atoms with Gasteiger partial charge in [0.25, 0.3) is 5.56 Å². The van der Waals surface area contributed by atoms with Crippen LogP contribution in [0, 0.1) is 6.92 Å². The monoisotopic (exact) mass is 343 g/mol. The van der Waals surface area contributed by atoms with Crippen molar-refractivity contribution in [2.24, 2.45) is 0 Å². The molecule has 9 nitrogen and oxygen atoms in total. The van der Waals surface area contributed by atoms with Crippen LogP contribution < -0.4 is 11.2 Å². The molecule has 0 aromatic carbocycles. The maximum atomic E-state index is 11.7. The average molecular weight is 343 g/mol. The summed E-state index contributed by atoms with van der Waals surface area (Å²) in [4.78, 5) is 34.5. The zero-order valence-corrected chi connectivity index (χ0v) is 15.5. The molecule has 0 amide bonds. The van der Waals surface area contributed by atoms with Crippen molar-refractivity contribution in [2.75, 3.05) is 20.1 Å². The van der Waals surface area contributed by atoms with Crippen LogP contribution in [0.3, 0.4) is 0 Å². The molecule has 1 aliphatic rings. The molecule has 1 aliphatic heterocycles. The summed E-state index contributed by atoms with van der Waals surface area (Å²) in [5.41, 5.74) is -0.619. The van der Waals surface area contributed by atoms with E-state index >= 15 is 0 Å². The van der Waals surface area contributed by atoms with Gasteiger partial charge in [0.1, 0.15) is 12.6 Å². The molecule has 22 heavy (non-hydrogen) atoms. The molecule has 3 atom stereocenters. The van der Waals surface area contributed by atoms with Gasteiger partial charge in [-0.15, -0.1) is 0 Å². The number of hydrogen-bond donors (Lipinski definition) is 2. The van der Waals surface area contributed by atoms with E-state index in [2.05, 4.69) is 9.51 Å². The van der Waals surface area contributed by atoms with Gasteiger partial charge in [-0.1, -0.05) is 0 Å². The van der Waals surface area contributed by atoms with E-state index in [4.69, 9.17) is 9.47 Å². The predicted molar refractivity (Wildman–Crippen MR) is 78.0 cm³/mol. The number of nitrogens with one attached hydrogen (secondary N) is 1. The molecule has 1 aromatic heterocycles. The number of ether oxygens (including phenoxy) is 2. The number of aromatic amines is 1. The quantitative estimate of drug-likeness (QED) is 0.549. The van der Waals surface area contributed by atoms with Gasteiger partial charge in [-0.2, -0.15) is 0 Å². The molecule has 1 fully saturated rings. The molecular weight excluding hydrogens is 326 g/mol. The minimum atomic E-state index is -3.74. The number of H-pyrrole nitrogens is 1. The summed E-state index contributed by atoms with van der Waals surface area (Å²) < 4.78 is 27.7. The van der Waals surface area contributed by atoms with Crippen LogP contribution in [0.15, 0.2) is 15.8 Å². The maximum absolute atomic E-state index is 11.7. The normalized spacial score (nSPS) is 23.8. The summed E-state index contributed by atoms with van der Waals surface area (Å²) in [7, 11) is -2.61. The van der Waals surface area contributed by atoms with E-state index in [0.29, 0.717) is 12.0 Å². The minimum absolute atomic E-state index is 0. The van der Waals surface area contributed by atoms with Crippen LogP contribution in [0.5, 0.6) is 0 Å². The molecule has 1 radical (unpaired) electrons. The molecule has 0 saturated carbocycles. The second-order valence-corrected chi connectivity index (χ2v) is 6.64. The molecule has 0 spiro atoms. The first kappa shape index (κ1) is 19.8. The first-order valence-electron chi connectivity index (χ1n) is 6.25. The van der Waals surface area contributed by atoms with E-state index in [-0.39, 0.29) is 36.2 Å². The van der Waals surface area contributed by atoms with Gasteiger partial charge in [-0.3, -0.25) is 18.9 Å². The van der Waals surface area contributed by atoms with Gasteiger partial charge < -0.3 is 18.9 Å². The third-order valence-electron chi connectivity index (χ3n) is 3.15. The Morgan fingerprint density at radius 3 is 2.86 bits per heavy atom. The molecule has 2 rings (SSSR count). The van der Waals surface area contributed by atoms with Crippen molar-refractivity contribution < 1.29 is 23.5 Å². The number of nitrogens with zero attached hydrogens (tertiary/aromatic N) is 1. The van der Waals surface area contributed by atoms with E-state index in [1.807, 2.05) is 0 Å². The van der Waals surface area contributed by atoms with Crippen molar-refractivity contribution >= 4 is 37.2 Å². The number of rotatable bonds is 5. The topological polar surface area (TPSA) is 120 Å². The first-order valence-corrected chi connectivity index (χ1v) is 8.01. The van der Waals surface area contributed by atoms with Gasteiger partial charge in [0.15, 0.2) is 0 Å². The fraction of sp³-hybridized carbons (Fsp3) is 0.636. The summed E-state index contributed by atoms with van der Waals surface area (Å²) in [6.45, 7) is 1.76. The Bertz CT molecular complexity index is 673. The molecule has 2 heterocycles. The van der Waals surface area contributed by atoms with Gasteiger partial charge in [0.2, 0.25) is 0 Å². The Labute approximate surface area is 148 Å². The molecule has 119 valence electrons. The van der Waals surface area contributed by atoms with Gasteiger partial charge in [-0.05, 0) is 6.92 Å². The van der Waals surface area contributed by atoms with Gasteiger partial charge in [0, 0.05) is 54.8 Å². The summed E-state index contributed by atoms with van der Waals surface area (Å²) in [6.07, 6.45) is 0.294. The van der Waals surface area contributed by atoms with E-state index < -0.39 is 37.5 Å². The summed E-state index contributed by atoms with van der Waals surface area (Å²) in [5.74, 6) is 0. The molecule has 1 saturated heterocycles. The average Bonchev–Trinajstić information content (AvgIpc) is 2.89. The summed E-state index contributed by atoms with van der Waals surface area (Å²) >= 11 is 0. The fourth-order valence-electron chi connectivity index (χ4n) is 1.94. The summed E-state index contributed by atoms with van der Waals surface area (Å²) in [6, 6.07) is 0. The zero-order valence-electron chi connectivity index (χ0n) is 12.6. The van der Waals surface area contributed by atoms with Crippen LogP contribution in [0.25, 0.3) is 0 Å². The van der Waals surface area contributed by atoms with Crippen LogP contribution >= 0.6 is 7.60 Å². The largest absolute Gasteiger partial charge is 0.363 e. The molecule has 2 N–H and O–H groups in total. The van der Waals surface area contributed by atoms with Crippen molar-refractivity contribution in [1.82, 2.24) is 9.55 Å². The van der Waals surface area contributed by atoms with Crippen molar-refractivity contribution in [1.29, 1.82) is 0 Å². The van der Waals surface area contributed by atoms with Gasteiger partial charge in [0.05, 0.1) is 12.7 Å². The zero-order chi connectivity index (χ0) is 15.6. The van der Waals surface area contributed by atoms with Crippen LogP contribution in [0.2, 0.25) is 0 Å². The van der Waals surface area contributed by atoms with Crippen LogP contribution in [-0.4, -0.2) is 70.2 Å². The van der Waals surface area contributed by atoms with Crippen molar-refractivity contribution in [3.05, 3.63) is 32.6 Å². The Balaban J connectivity index is 0.00000242. The van der Waals surface area contributed by atoms with E-state index in [9.17, 15) is 19.0 Å². The molecule has 11 heteroatoms. The Morgan fingerprint density at radius 2 is 2.23 bits per heavy atom. The van der Waals surface area contributed by atoms with Crippen molar-refractivity contribution in [3.63, 3.8) is 0 Å². The molecule has 0 bridgehead atoms. The predicted octanol–water partition coefficient (Wildman–Crippen LogP) is -0.442. The fourth-order valence-corrected chi connectivity index (χ4v) is 2.45. The van der Waals surface area contributed by atoms with Crippen molar-refractivity contribution in [2.45, 2.75) is 25.7 Å². The maximum Gasteiger partial charge on any atom is 0.353 e. The van der Waals surface area contributed by atoms with Gasteiger partial charge in [-0.25, -0.2) is 4.79 Å². The van der Waals surface area contributed by atoms with E-state index in [0.717, 1.165) is 7.11 Å². The van der Waals surface area contributed by atoms with E-state index in [1.54, 1.807) is 6.92 Å². The number of aromatic nitrogens is 2. The van der Waals surface area contributed by atoms with E-state index in [1.165, 1.54) is 10.8 Å². The Hall–Kier alpha value is -0.250. The number of aryl methyl sites for hydroxylation is 1. The Morgan fingerprint density at radius 1 is 1.55 bits per heavy atom. The third kappa shape index (κ3) is 4.87. The van der Waals surface area contributed by atoms with Crippen LogP contribution in [0.1, 0.15) is 18.2 Å². The van der Waals surface area contributed by atoms with Crippen LogP contribution in [-0.2, 0) is 18.6 Å². The number of hydrogen-bond acceptors (Lipinski definition) is 6. The van der Waals surface area contributed by atoms with Crippen LogP contribution in [0.4, 0.5) is 0 Å². The SMILES string of the molecule is COP(=O)(O)COC1COC(n2cc(C)c(=O)[nH]c2=O)C1.[Na]. The second-order valence-electron chi connectivity index (χ2n) is 4.74. The van der Waals surface area contributed by atoms with Gasteiger partial charge >= 0.3 is 13.3 Å². The molecule has 1 aromatic rings. The standard InChI is InChI=1S/C11H17N2O7P.Na/c1-7-4-13(11(15)12-10(7)14)9-3-8(5-19-9)20-6-21(16,17)18-2;/h4,8-9H,3,5-6H2,1-2H3,(H,16,17)(H,12,14,15);. The third-order valence-corrected chi connectivity index (χ3v) is 4.20. The second kappa shape index (κ2) is 8.03.